The zero-order chi connectivity index (χ0) is 13.2. The number of hydrogen-bond donors (Lipinski definition) is 1. The molecule has 3 aliphatic heterocycles. The van der Waals surface area contributed by atoms with Crippen LogP contribution in [0.25, 0.3) is 0 Å². The summed E-state index contributed by atoms with van der Waals surface area (Å²) in [7, 11) is 1.74. The second-order valence-corrected chi connectivity index (χ2v) is 6.50. The molecule has 3 aliphatic rings. The summed E-state index contributed by atoms with van der Waals surface area (Å²) in [5.41, 5.74) is 1.23. The summed E-state index contributed by atoms with van der Waals surface area (Å²) in [6, 6.07) is 6.84. The van der Waals surface area contributed by atoms with Gasteiger partial charge in [0.05, 0.1) is 7.11 Å². The topological polar surface area (TPSA) is 24.5 Å². The number of piperidine rings is 3. The third-order valence-electron chi connectivity index (χ3n) is 4.45. The molecule has 2 bridgehead atoms. The number of benzene rings is 1. The Hall–Kier alpha value is -0.580. The van der Waals surface area contributed by atoms with Gasteiger partial charge in [-0.15, -0.1) is 0 Å². The summed E-state index contributed by atoms with van der Waals surface area (Å²) < 4.78 is 6.54. The summed E-state index contributed by atoms with van der Waals surface area (Å²) in [5, 5.41) is 3.73. The molecule has 3 fully saturated rings. The first-order valence-electron chi connectivity index (χ1n) is 7.04. The van der Waals surface area contributed by atoms with Crippen LogP contribution >= 0.6 is 15.9 Å². The maximum absolute atomic E-state index is 5.43. The van der Waals surface area contributed by atoms with Gasteiger partial charge in [-0.25, -0.2) is 0 Å². The molecule has 3 saturated heterocycles. The molecule has 1 N–H and O–H groups in total. The predicted octanol–water partition coefficient (Wildman–Crippen LogP) is 2.64. The quantitative estimate of drug-likeness (QED) is 0.921. The van der Waals surface area contributed by atoms with Gasteiger partial charge in [0.2, 0.25) is 0 Å². The van der Waals surface area contributed by atoms with Crippen LogP contribution in [0.1, 0.15) is 18.4 Å². The van der Waals surface area contributed by atoms with Gasteiger partial charge in [0.1, 0.15) is 5.75 Å². The van der Waals surface area contributed by atoms with Crippen molar-refractivity contribution in [1.29, 1.82) is 0 Å². The van der Waals surface area contributed by atoms with E-state index in [2.05, 4.69) is 32.2 Å². The standard InChI is InChI=1S/C15H21BrN2O/c1-19-15-3-2-13(16)8-12(15)9-17-14-10-18-6-4-11(14)5-7-18/h2-3,8,11,14,17H,4-7,9-10H2,1H3. The van der Waals surface area contributed by atoms with E-state index < -0.39 is 0 Å². The smallest absolute Gasteiger partial charge is 0.123 e. The number of rotatable bonds is 4. The molecule has 19 heavy (non-hydrogen) atoms. The Morgan fingerprint density at radius 3 is 2.79 bits per heavy atom. The molecule has 1 aromatic carbocycles. The van der Waals surface area contributed by atoms with Crippen LogP contribution in [0.2, 0.25) is 0 Å². The number of halogens is 1. The number of ether oxygens (including phenoxy) is 1. The molecule has 4 rings (SSSR count). The molecule has 1 aromatic rings. The number of methoxy groups -OCH3 is 1. The summed E-state index contributed by atoms with van der Waals surface area (Å²) in [5.74, 6) is 1.83. The molecule has 0 aromatic heterocycles. The van der Waals surface area contributed by atoms with Crippen molar-refractivity contribution in [2.45, 2.75) is 25.4 Å². The zero-order valence-corrected chi connectivity index (χ0v) is 12.9. The number of hydrogen-bond acceptors (Lipinski definition) is 3. The average molecular weight is 325 g/mol. The highest BCUT2D eigenvalue weighted by Gasteiger charge is 2.33. The number of nitrogens with zero attached hydrogens (tertiary/aromatic N) is 1. The van der Waals surface area contributed by atoms with Gasteiger partial charge in [0.15, 0.2) is 0 Å². The lowest BCUT2D eigenvalue weighted by Gasteiger charge is -2.45. The van der Waals surface area contributed by atoms with E-state index in [0.717, 1.165) is 22.7 Å². The first kappa shape index (κ1) is 13.4. The molecule has 4 heteroatoms. The lowest BCUT2D eigenvalue weighted by atomic mass is 9.84. The Kier molecular flexibility index (Phi) is 4.10. The molecule has 1 unspecified atom stereocenters. The van der Waals surface area contributed by atoms with Gasteiger partial charge in [0, 0.05) is 29.2 Å². The molecule has 0 spiro atoms. The largest absolute Gasteiger partial charge is 0.496 e. The molecule has 104 valence electrons. The van der Waals surface area contributed by atoms with Crippen LogP contribution in [0.4, 0.5) is 0 Å². The van der Waals surface area contributed by atoms with Gasteiger partial charge < -0.3 is 15.0 Å². The van der Waals surface area contributed by atoms with Crippen LogP contribution in [-0.4, -0.2) is 37.7 Å². The van der Waals surface area contributed by atoms with Gasteiger partial charge in [-0.1, -0.05) is 15.9 Å². The Morgan fingerprint density at radius 2 is 2.16 bits per heavy atom. The van der Waals surface area contributed by atoms with E-state index in [4.69, 9.17) is 4.74 Å². The minimum Gasteiger partial charge on any atom is -0.496 e. The normalized spacial score (nSPS) is 29.5. The van der Waals surface area contributed by atoms with Crippen molar-refractivity contribution >= 4 is 15.9 Å². The number of nitrogens with one attached hydrogen (secondary N) is 1. The van der Waals surface area contributed by atoms with Crippen LogP contribution in [0, 0.1) is 5.92 Å². The van der Waals surface area contributed by atoms with Crippen LogP contribution < -0.4 is 10.1 Å². The fourth-order valence-corrected chi connectivity index (χ4v) is 3.73. The highest BCUT2D eigenvalue weighted by molar-refractivity contribution is 9.10. The van der Waals surface area contributed by atoms with Gasteiger partial charge in [-0.2, -0.15) is 0 Å². The Morgan fingerprint density at radius 1 is 1.37 bits per heavy atom. The Labute approximate surface area is 123 Å². The lowest BCUT2D eigenvalue weighted by molar-refractivity contribution is 0.0719. The van der Waals surface area contributed by atoms with Crippen molar-refractivity contribution < 1.29 is 4.74 Å². The minimum atomic E-state index is 0.645. The molecule has 0 amide bonds. The molecule has 3 heterocycles. The number of fused-ring (bicyclic) bond motifs is 3. The van der Waals surface area contributed by atoms with E-state index in [9.17, 15) is 0 Å². The highest BCUT2D eigenvalue weighted by Crippen LogP contribution is 2.28. The van der Waals surface area contributed by atoms with Crippen molar-refractivity contribution in [3.63, 3.8) is 0 Å². The Balaban J connectivity index is 1.64. The molecule has 0 saturated carbocycles. The average Bonchev–Trinajstić information content (AvgIpc) is 2.46. The first-order valence-corrected chi connectivity index (χ1v) is 7.83. The van der Waals surface area contributed by atoms with Crippen LogP contribution in [0.15, 0.2) is 22.7 Å². The summed E-state index contributed by atoms with van der Waals surface area (Å²) >= 11 is 3.53. The third-order valence-corrected chi connectivity index (χ3v) is 4.95. The monoisotopic (exact) mass is 324 g/mol. The zero-order valence-electron chi connectivity index (χ0n) is 11.4. The van der Waals surface area contributed by atoms with E-state index in [0.29, 0.717) is 6.04 Å². The van der Waals surface area contributed by atoms with E-state index in [1.807, 2.05) is 12.1 Å². The summed E-state index contributed by atoms with van der Waals surface area (Å²) in [6.07, 6.45) is 2.71. The molecule has 0 aliphatic carbocycles. The predicted molar refractivity (Wildman–Crippen MR) is 80.5 cm³/mol. The van der Waals surface area contributed by atoms with E-state index >= 15 is 0 Å². The van der Waals surface area contributed by atoms with Crippen molar-refractivity contribution in [1.82, 2.24) is 10.2 Å². The fraction of sp³-hybridized carbons (Fsp3) is 0.600. The molecule has 3 nitrogen and oxygen atoms in total. The molecule has 0 radical (unpaired) electrons. The van der Waals surface area contributed by atoms with Crippen molar-refractivity contribution in [2.75, 3.05) is 26.7 Å². The van der Waals surface area contributed by atoms with Crippen molar-refractivity contribution in [3.8, 4) is 5.75 Å². The van der Waals surface area contributed by atoms with Crippen LogP contribution in [0.3, 0.4) is 0 Å². The van der Waals surface area contributed by atoms with Crippen LogP contribution in [0.5, 0.6) is 5.75 Å². The SMILES string of the molecule is COc1ccc(Br)cc1CNC1CN2CCC1CC2. The first-order chi connectivity index (χ1) is 9.26. The highest BCUT2D eigenvalue weighted by atomic mass is 79.9. The van der Waals surface area contributed by atoms with E-state index in [1.54, 1.807) is 7.11 Å². The maximum Gasteiger partial charge on any atom is 0.123 e. The minimum absolute atomic E-state index is 0.645. The lowest BCUT2D eigenvalue weighted by Crippen LogP contribution is -2.55. The Bertz CT molecular complexity index is 444. The second-order valence-electron chi connectivity index (χ2n) is 5.58. The van der Waals surface area contributed by atoms with Gasteiger partial charge in [-0.3, -0.25) is 0 Å². The fourth-order valence-electron chi connectivity index (χ4n) is 3.32. The van der Waals surface area contributed by atoms with Crippen molar-refractivity contribution in [3.05, 3.63) is 28.2 Å². The molecule has 1 atom stereocenters. The van der Waals surface area contributed by atoms with E-state index in [1.165, 1.54) is 38.0 Å². The van der Waals surface area contributed by atoms with E-state index in [-0.39, 0.29) is 0 Å². The molecular weight excluding hydrogens is 304 g/mol. The van der Waals surface area contributed by atoms with Gasteiger partial charge in [0.25, 0.3) is 0 Å². The summed E-state index contributed by atoms with van der Waals surface area (Å²) in [4.78, 5) is 2.58. The summed E-state index contributed by atoms with van der Waals surface area (Å²) in [6.45, 7) is 4.69. The van der Waals surface area contributed by atoms with Gasteiger partial charge in [-0.05, 0) is 50.0 Å². The second kappa shape index (κ2) is 5.81. The van der Waals surface area contributed by atoms with Crippen LogP contribution in [-0.2, 0) is 6.54 Å². The third kappa shape index (κ3) is 2.96. The molecular formula is C15H21BrN2O. The maximum atomic E-state index is 5.43. The van der Waals surface area contributed by atoms with Gasteiger partial charge >= 0.3 is 0 Å². The van der Waals surface area contributed by atoms with Crippen molar-refractivity contribution in [2.24, 2.45) is 5.92 Å².